The van der Waals surface area contributed by atoms with Crippen LogP contribution in [0.15, 0.2) is 24.3 Å². The Morgan fingerprint density at radius 1 is 1.25 bits per heavy atom. The number of nitrogens with one attached hydrogen (secondary N) is 1. The first-order chi connectivity index (χ1) is 9.63. The molecular formula is C16H17ClINS. The molecular weight excluding hydrogens is 401 g/mol. The summed E-state index contributed by atoms with van der Waals surface area (Å²) in [5, 5.41) is 4.40. The van der Waals surface area contributed by atoms with Crippen molar-refractivity contribution in [2.45, 2.75) is 38.6 Å². The van der Waals surface area contributed by atoms with Gasteiger partial charge in [0.15, 0.2) is 0 Å². The summed E-state index contributed by atoms with van der Waals surface area (Å²) >= 11 is 10.3. The van der Waals surface area contributed by atoms with Crippen molar-refractivity contribution in [3.8, 4) is 0 Å². The van der Waals surface area contributed by atoms with E-state index in [4.69, 9.17) is 11.6 Å². The highest BCUT2D eigenvalue weighted by Gasteiger charge is 2.17. The molecule has 1 heterocycles. The van der Waals surface area contributed by atoms with Crippen LogP contribution in [0.3, 0.4) is 0 Å². The van der Waals surface area contributed by atoms with E-state index in [1.165, 1.54) is 34.1 Å². The first kappa shape index (κ1) is 14.7. The number of thiophene rings is 1. The number of hydrogen-bond acceptors (Lipinski definition) is 2. The Morgan fingerprint density at radius 3 is 2.80 bits per heavy atom. The maximum atomic E-state index is 6.01. The Bertz CT molecular complexity index is 599. The van der Waals surface area contributed by atoms with Gasteiger partial charge in [0, 0.05) is 24.0 Å². The van der Waals surface area contributed by atoms with Crippen LogP contribution < -0.4 is 5.32 Å². The standard InChI is InChI=1S/C16H17ClINS/c1-10(19-14-7-6-12(17)9-13(14)18)16-8-11-4-2-3-5-15(11)20-16/h6-10,19H,2-5H2,1H3. The first-order valence-corrected chi connectivity index (χ1v) is 9.24. The average molecular weight is 418 g/mol. The molecule has 3 rings (SSSR count). The molecule has 20 heavy (non-hydrogen) atoms. The second-order valence-corrected chi connectivity index (χ2v) is 8.06. The predicted octanol–water partition coefficient (Wildman–Crippen LogP) is 6.06. The summed E-state index contributed by atoms with van der Waals surface area (Å²) in [5.41, 5.74) is 2.74. The van der Waals surface area contributed by atoms with Gasteiger partial charge in [-0.2, -0.15) is 0 Å². The zero-order valence-electron chi connectivity index (χ0n) is 11.4. The Labute approximate surface area is 142 Å². The van der Waals surface area contributed by atoms with E-state index < -0.39 is 0 Å². The lowest BCUT2D eigenvalue weighted by molar-refractivity contribution is 0.696. The summed E-state index contributed by atoms with van der Waals surface area (Å²) in [7, 11) is 0. The van der Waals surface area contributed by atoms with Crippen LogP contribution in [-0.4, -0.2) is 0 Å². The van der Waals surface area contributed by atoms with Crippen LogP contribution >= 0.6 is 45.5 Å². The van der Waals surface area contributed by atoms with Crippen molar-refractivity contribution < 1.29 is 0 Å². The van der Waals surface area contributed by atoms with Gasteiger partial charge in [-0.3, -0.25) is 0 Å². The van der Waals surface area contributed by atoms with Gasteiger partial charge in [0.05, 0.1) is 6.04 Å². The van der Waals surface area contributed by atoms with Crippen LogP contribution in [0, 0.1) is 3.57 Å². The van der Waals surface area contributed by atoms with Gasteiger partial charge in [-0.25, -0.2) is 0 Å². The molecule has 0 fully saturated rings. The summed E-state index contributed by atoms with van der Waals surface area (Å²) in [6.07, 6.45) is 5.23. The van der Waals surface area contributed by atoms with E-state index in [2.05, 4.69) is 47.0 Å². The summed E-state index contributed by atoms with van der Waals surface area (Å²) < 4.78 is 1.17. The molecule has 1 unspecified atom stereocenters. The molecule has 1 atom stereocenters. The number of aryl methyl sites for hydroxylation is 2. The van der Waals surface area contributed by atoms with Crippen LogP contribution in [0.4, 0.5) is 5.69 Å². The van der Waals surface area contributed by atoms with E-state index in [0.29, 0.717) is 6.04 Å². The predicted molar refractivity (Wildman–Crippen MR) is 97.2 cm³/mol. The topological polar surface area (TPSA) is 12.0 Å². The van der Waals surface area contributed by atoms with Crippen molar-refractivity contribution in [2.24, 2.45) is 0 Å². The molecule has 1 aromatic heterocycles. The van der Waals surface area contributed by atoms with Crippen LogP contribution in [0.5, 0.6) is 0 Å². The van der Waals surface area contributed by atoms with Crippen molar-refractivity contribution in [2.75, 3.05) is 5.32 Å². The third kappa shape index (κ3) is 3.15. The maximum Gasteiger partial charge on any atom is 0.0579 e. The minimum Gasteiger partial charge on any atom is -0.377 e. The van der Waals surface area contributed by atoms with Crippen LogP contribution in [-0.2, 0) is 12.8 Å². The van der Waals surface area contributed by atoms with E-state index in [1.54, 1.807) is 10.4 Å². The number of hydrogen-bond donors (Lipinski definition) is 1. The molecule has 1 N–H and O–H groups in total. The lowest BCUT2D eigenvalue weighted by atomic mass is 9.99. The third-order valence-electron chi connectivity index (χ3n) is 3.75. The van der Waals surface area contributed by atoms with Gasteiger partial charge in [-0.1, -0.05) is 11.6 Å². The largest absolute Gasteiger partial charge is 0.377 e. The van der Waals surface area contributed by atoms with E-state index in [-0.39, 0.29) is 0 Å². The third-order valence-corrected chi connectivity index (χ3v) is 6.29. The Balaban J connectivity index is 1.78. The van der Waals surface area contributed by atoms with Crippen molar-refractivity contribution in [1.29, 1.82) is 0 Å². The maximum absolute atomic E-state index is 6.01. The molecule has 0 radical (unpaired) electrons. The van der Waals surface area contributed by atoms with Gasteiger partial charge in [0.25, 0.3) is 0 Å². The number of halogens is 2. The monoisotopic (exact) mass is 417 g/mol. The van der Waals surface area contributed by atoms with Crippen molar-refractivity contribution in [3.63, 3.8) is 0 Å². The minimum absolute atomic E-state index is 0.347. The highest BCUT2D eigenvalue weighted by molar-refractivity contribution is 14.1. The van der Waals surface area contributed by atoms with Crippen LogP contribution in [0.2, 0.25) is 5.02 Å². The molecule has 0 bridgehead atoms. The highest BCUT2D eigenvalue weighted by atomic mass is 127. The number of rotatable bonds is 3. The summed E-state index contributed by atoms with van der Waals surface area (Å²) in [5.74, 6) is 0. The average Bonchev–Trinajstić information content (AvgIpc) is 2.86. The van der Waals surface area contributed by atoms with Gasteiger partial charge >= 0.3 is 0 Å². The molecule has 0 aliphatic heterocycles. The first-order valence-electron chi connectivity index (χ1n) is 6.96. The van der Waals surface area contributed by atoms with Crippen molar-refractivity contribution in [3.05, 3.63) is 48.2 Å². The summed E-state index contributed by atoms with van der Waals surface area (Å²) in [6, 6.07) is 8.75. The van der Waals surface area contributed by atoms with Gasteiger partial charge in [0.2, 0.25) is 0 Å². The minimum atomic E-state index is 0.347. The summed E-state index contributed by atoms with van der Waals surface area (Å²) in [6.45, 7) is 2.24. The molecule has 4 heteroatoms. The van der Waals surface area contributed by atoms with Crippen molar-refractivity contribution in [1.82, 2.24) is 0 Å². The Kier molecular flexibility index (Phi) is 4.58. The lowest BCUT2D eigenvalue weighted by Gasteiger charge is -2.15. The fraction of sp³-hybridized carbons (Fsp3) is 0.375. The Morgan fingerprint density at radius 2 is 2.05 bits per heavy atom. The second kappa shape index (κ2) is 6.24. The molecule has 0 saturated heterocycles. The van der Waals surface area contributed by atoms with E-state index in [9.17, 15) is 0 Å². The molecule has 1 aliphatic carbocycles. The number of fused-ring (bicyclic) bond motifs is 1. The zero-order chi connectivity index (χ0) is 14.1. The van der Waals surface area contributed by atoms with Gasteiger partial charge in [-0.15, -0.1) is 11.3 Å². The van der Waals surface area contributed by atoms with E-state index >= 15 is 0 Å². The van der Waals surface area contributed by atoms with Gasteiger partial charge in [-0.05, 0) is 85.0 Å². The van der Waals surface area contributed by atoms with Crippen LogP contribution in [0.1, 0.15) is 41.1 Å². The van der Waals surface area contributed by atoms with E-state index in [1.807, 2.05) is 23.5 Å². The molecule has 0 amide bonds. The Hall–Kier alpha value is -0.260. The van der Waals surface area contributed by atoms with Gasteiger partial charge in [0.1, 0.15) is 0 Å². The molecule has 106 valence electrons. The number of benzene rings is 1. The number of anilines is 1. The zero-order valence-corrected chi connectivity index (χ0v) is 15.1. The molecule has 2 aromatic rings. The highest BCUT2D eigenvalue weighted by Crippen LogP contribution is 2.34. The fourth-order valence-electron chi connectivity index (χ4n) is 2.64. The molecule has 1 nitrogen and oxygen atoms in total. The van der Waals surface area contributed by atoms with Gasteiger partial charge < -0.3 is 5.32 Å². The molecule has 0 saturated carbocycles. The summed E-state index contributed by atoms with van der Waals surface area (Å²) in [4.78, 5) is 3.05. The normalized spacial score (nSPS) is 15.8. The quantitative estimate of drug-likeness (QED) is 0.599. The van der Waals surface area contributed by atoms with E-state index in [0.717, 1.165) is 10.7 Å². The smallest absolute Gasteiger partial charge is 0.0579 e. The lowest BCUT2D eigenvalue weighted by Crippen LogP contribution is -2.06. The molecule has 1 aliphatic rings. The SMILES string of the molecule is CC(Nc1ccc(Cl)cc1I)c1cc2c(s1)CCCC2. The molecule has 0 spiro atoms. The molecule has 1 aromatic carbocycles. The van der Waals surface area contributed by atoms with Crippen molar-refractivity contribution >= 4 is 51.2 Å². The fourth-order valence-corrected chi connectivity index (χ4v) is 4.93. The van der Waals surface area contributed by atoms with Crippen LogP contribution in [0.25, 0.3) is 0 Å². The second-order valence-electron chi connectivity index (χ2n) is 5.29.